The van der Waals surface area contributed by atoms with Crippen molar-refractivity contribution in [3.8, 4) is 0 Å². The molecule has 4 nitrogen and oxygen atoms in total. The van der Waals surface area contributed by atoms with Gasteiger partial charge in [0.05, 0.1) is 5.52 Å². The molecule has 0 aliphatic rings. The number of likely N-dealkylation sites (N-methyl/N-ethyl adjacent to an activating group) is 1. The van der Waals surface area contributed by atoms with Crippen molar-refractivity contribution in [3.63, 3.8) is 0 Å². The van der Waals surface area contributed by atoms with Crippen molar-refractivity contribution < 1.29 is 4.79 Å². The predicted molar refractivity (Wildman–Crippen MR) is 83.3 cm³/mol. The van der Waals surface area contributed by atoms with Crippen LogP contribution in [0.3, 0.4) is 0 Å². The third kappa shape index (κ3) is 2.85. The van der Waals surface area contributed by atoms with Gasteiger partial charge in [-0.3, -0.25) is 4.79 Å². The number of benzene rings is 1. The first-order chi connectivity index (χ1) is 9.40. The fourth-order valence-electron chi connectivity index (χ4n) is 2.07. The molecule has 1 amide bonds. The second-order valence-corrected chi connectivity index (χ2v) is 5.46. The van der Waals surface area contributed by atoms with Crippen molar-refractivity contribution in [3.05, 3.63) is 34.9 Å². The first-order valence-electron chi connectivity index (χ1n) is 6.43. The Morgan fingerprint density at radius 2 is 2.00 bits per heavy atom. The van der Waals surface area contributed by atoms with Gasteiger partial charge >= 0.3 is 0 Å². The van der Waals surface area contributed by atoms with E-state index in [0.717, 1.165) is 16.5 Å². The van der Waals surface area contributed by atoms with Gasteiger partial charge in [0.25, 0.3) is 0 Å². The standard InChI is InChI=1S/C15H18ClN3O/c1-9-5-7-12(16)11-6-8-13(18-14(9)11)17-10(2)15(20)19(3)4/h5-8,10H,1-4H3,(H,17,18)/t10-/m0/s1. The Hall–Kier alpha value is -1.81. The molecule has 0 bridgehead atoms. The highest BCUT2D eigenvalue weighted by Crippen LogP contribution is 2.26. The number of nitrogens with one attached hydrogen (secondary N) is 1. The lowest BCUT2D eigenvalue weighted by atomic mass is 10.1. The summed E-state index contributed by atoms with van der Waals surface area (Å²) < 4.78 is 0. The summed E-state index contributed by atoms with van der Waals surface area (Å²) in [6.07, 6.45) is 0. The number of nitrogens with zero attached hydrogens (tertiary/aromatic N) is 2. The van der Waals surface area contributed by atoms with Gasteiger partial charge in [-0.05, 0) is 37.6 Å². The third-order valence-corrected chi connectivity index (χ3v) is 3.51. The summed E-state index contributed by atoms with van der Waals surface area (Å²) in [6, 6.07) is 7.25. The number of amides is 1. The minimum atomic E-state index is -0.325. The summed E-state index contributed by atoms with van der Waals surface area (Å²) in [6.45, 7) is 3.81. The molecule has 1 aromatic carbocycles. The molecule has 0 aliphatic carbocycles. The molecule has 0 aliphatic heterocycles. The van der Waals surface area contributed by atoms with Gasteiger partial charge in [-0.2, -0.15) is 0 Å². The van der Waals surface area contributed by atoms with Crippen molar-refractivity contribution in [2.75, 3.05) is 19.4 Å². The Kier molecular flexibility index (Phi) is 4.14. The summed E-state index contributed by atoms with van der Waals surface area (Å²) in [5.41, 5.74) is 1.91. The molecule has 0 spiro atoms. The van der Waals surface area contributed by atoms with E-state index in [9.17, 15) is 4.79 Å². The minimum absolute atomic E-state index is 0.00899. The van der Waals surface area contributed by atoms with Gasteiger partial charge in [-0.25, -0.2) is 4.98 Å². The summed E-state index contributed by atoms with van der Waals surface area (Å²) >= 11 is 6.16. The van der Waals surface area contributed by atoms with Gasteiger partial charge in [0.2, 0.25) is 5.91 Å². The molecular formula is C15H18ClN3O. The number of halogens is 1. The van der Waals surface area contributed by atoms with E-state index in [1.807, 2.05) is 38.1 Å². The number of pyridine rings is 1. The van der Waals surface area contributed by atoms with Crippen molar-refractivity contribution in [2.45, 2.75) is 19.9 Å². The molecule has 20 heavy (non-hydrogen) atoms. The van der Waals surface area contributed by atoms with Gasteiger partial charge in [0.15, 0.2) is 0 Å². The molecule has 0 saturated carbocycles. The molecule has 2 rings (SSSR count). The first-order valence-corrected chi connectivity index (χ1v) is 6.81. The maximum absolute atomic E-state index is 11.8. The van der Waals surface area contributed by atoms with E-state index in [4.69, 9.17) is 11.6 Å². The lowest BCUT2D eigenvalue weighted by Gasteiger charge is -2.18. The molecule has 1 atom stereocenters. The number of carbonyl (C=O) groups excluding carboxylic acids is 1. The van der Waals surface area contributed by atoms with E-state index in [-0.39, 0.29) is 11.9 Å². The van der Waals surface area contributed by atoms with Crippen LogP contribution in [0.2, 0.25) is 5.02 Å². The van der Waals surface area contributed by atoms with Gasteiger partial charge in [-0.15, -0.1) is 0 Å². The number of aryl methyl sites for hydroxylation is 1. The number of aromatic nitrogens is 1. The Bertz CT molecular complexity index is 655. The number of rotatable bonds is 3. The highest BCUT2D eigenvalue weighted by atomic mass is 35.5. The second-order valence-electron chi connectivity index (χ2n) is 5.06. The average Bonchev–Trinajstić information content (AvgIpc) is 2.42. The molecule has 106 valence electrons. The topological polar surface area (TPSA) is 45.2 Å². The zero-order valence-electron chi connectivity index (χ0n) is 12.1. The van der Waals surface area contributed by atoms with E-state index < -0.39 is 0 Å². The van der Waals surface area contributed by atoms with Crippen LogP contribution in [0, 0.1) is 6.92 Å². The van der Waals surface area contributed by atoms with Crippen LogP contribution in [-0.2, 0) is 4.79 Å². The molecule has 2 aromatic rings. The summed E-state index contributed by atoms with van der Waals surface area (Å²) in [7, 11) is 3.47. The zero-order chi connectivity index (χ0) is 14.9. The van der Waals surface area contributed by atoms with Crippen LogP contribution in [0.1, 0.15) is 12.5 Å². The van der Waals surface area contributed by atoms with Crippen LogP contribution in [-0.4, -0.2) is 35.9 Å². The Balaban J connectivity index is 2.33. The SMILES string of the molecule is Cc1ccc(Cl)c2ccc(N[C@@H](C)C(=O)N(C)C)nc12. The van der Waals surface area contributed by atoms with Crippen molar-refractivity contribution in [1.29, 1.82) is 0 Å². The predicted octanol–water partition coefficient (Wildman–Crippen LogP) is 3.09. The van der Waals surface area contributed by atoms with Crippen LogP contribution in [0.4, 0.5) is 5.82 Å². The maximum atomic E-state index is 11.8. The quantitative estimate of drug-likeness (QED) is 0.945. The van der Waals surface area contributed by atoms with E-state index in [0.29, 0.717) is 10.8 Å². The Morgan fingerprint density at radius 1 is 1.30 bits per heavy atom. The number of anilines is 1. The average molecular weight is 292 g/mol. The summed E-state index contributed by atoms with van der Waals surface area (Å²) in [5.74, 6) is 0.681. The monoisotopic (exact) mass is 291 g/mol. The molecule has 0 saturated heterocycles. The van der Waals surface area contributed by atoms with Crippen molar-refractivity contribution in [1.82, 2.24) is 9.88 Å². The van der Waals surface area contributed by atoms with Crippen LogP contribution in [0.5, 0.6) is 0 Å². The van der Waals surface area contributed by atoms with Gasteiger partial charge in [0.1, 0.15) is 11.9 Å². The molecule has 0 unspecified atom stereocenters. The van der Waals surface area contributed by atoms with Crippen LogP contribution >= 0.6 is 11.6 Å². The van der Waals surface area contributed by atoms with Crippen LogP contribution in [0.25, 0.3) is 10.9 Å². The fourth-order valence-corrected chi connectivity index (χ4v) is 2.29. The molecule has 1 heterocycles. The lowest BCUT2D eigenvalue weighted by Crippen LogP contribution is -2.36. The largest absolute Gasteiger partial charge is 0.359 e. The minimum Gasteiger partial charge on any atom is -0.359 e. The second kappa shape index (κ2) is 5.67. The number of hydrogen-bond donors (Lipinski definition) is 1. The Labute approximate surface area is 123 Å². The fraction of sp³-hybridized carbons (Fsp3) is 0.333. The molecular weight excluding hydrogens is 274 g/mol. The van der Waals surface area contributed by atoms with E-state index in [1.54, 1.807) is 19.0 Å². The highest BCUT2D eigenvalue weighted by Gasteiger charge is 2.15. The van der Waals surface area contributed by atoms with Crippen molar-refractivity contribution in [2.24, 2.45) is 0 Å². The molecule has 0 radical (unpaired) electrons. The molecule has 5 heteroatoms. The van der Waals surface area contributed by atoms with E-state index in [2.05, 4.69) is 10.3 Å². The van der Waals surface area contributed by atoms with E-state index >= 15 is 0 Å². The summed E-state index contributed by atoms with van der Waals surface area (Å²) in [5, 5.41) is 4.72. The van der Waals surface area contributed by atoms with Gasteiger partial charge < -0.3 is 10.2 Å². The maximum Gasteiger partial charge on any atom is 0.244 e. The number of hydrogen-bond acceptors (Lipinski definition) is 3. The van der Waals surface area contributed by atoms with Gasteiger partial charge in [-0.1, -0.05) is 17.7 Å². The van der Waals surface area contributed by atoms with Crippen molar-refractivity contribution >= 4 is 34.2 Å². The summed E-state index contributed by atoms with van der Waals surface area (Å²) in [4.78, 5) is 18.0. The number of fused-ring (bicyclic) bond motifs is 1. The van der Waals surface area contributed by atoms with Crippen LogP contribution < -0.4 is 5.32 Å². The van der Waals surface area contributed by atoms with Crippen LogP contribution in [0.15, 0.2) is 24.3 Å². The third-order valence-electron chi connectivity index (χ3n) is 3.18. The molecule has 1 aromatic heterocycles. The first kappa shape index (κ1) is 14.6. The van der Waals surface area contributed by atoms with E-state index in [1.165, 1.54) is 0 Å². The smallest absolute Gasteiger partial charge is 0.244 e. The normalized spacial score (nSPS) is 12.2. The van der Waals surface area contributed by atoms with Gasteiger partial charge in [0, 0.05) is 24.5 Å². The molecule has 0 fully saturated rings. The highest BCUT2D eigenvalue weighted by molar-refractivity contribution is 6.35. The lowest BCUT2D eigenvalue weighted by molar-refractivity contribution is -0.129. The molecule has 1 N–H and O–H groups in total. The number of carbonyl (C=O) groups is 1. The Morgan fingerprint density at radius 3 is 2.65 bits per heavy atom. The zero-order valence-corrected chi connectivity index (χ0v) is 12.8.